The normalized spacial score (nSPS) is 12.6. The van der Waals surface area contributed by atoms with E-state index in [-0.39, 0.29) is 17.3 Å². The van der Waals surface area contributed by atoms with Crippen molar-refractivity contribution in [1.82, 2.24) is 4.72 Å². The summed E-state index contributed by atoms with van der Waals surface area (Å²) < 4.78 is 32.4. The Labute approximate surface area is 141 Å². The molecule has 0 amide bonds. The Kier molecular flexibility index (Phi) is 5.58. The van der Waals surface area contributed by atoms with Crippen LogP contribution in [-0.4, -0.2) is 26.1 Å². The number of phenols is 1. The van der Waals surface area contributed by atoms with Crippen molar-refractivity contribution in [2.45, 2.75) is 24.8 Å². The van der Waals surface area contributed by atoms with Gasteiger partial charge in [0.2, 0.25) is 10.0 Å². The van der Waals surface area contributed by atoms with Gasteiger partial charge in [0.15, 0.2) is 0 Å². The Balaban J connectivity index is 2.37. The fourth-order valence-electron chi connectivity index (χ4n) is 2.12. The van der Waals surface area contributed by atoms with Crippen LogP contribution in [-0.2, 0) is 19.6 Å². The van der Waals surface area contributed by atoms with Crippen LogP contribution in [0.3, 0.4) is 0 Å². The minimum Gasteiger partial charge on any atom is -0.508 e. The molecule has 0 saturated heterocycles. The zero-order valence-electron chi connectivity index (χ0n) is 13.4. The standard InChI is InChI=1S/C17H19NO5S/c1-3-23-17(20)16(13-5-4-6-14(19)11-13)18-24(21,22)15-9-7-12(2)8-10-15/h4-11,16,18-19H,3H2,1-2H3. The van der Waals surface area contributed by atoms with Gasteiger partial charge < -0.3 is 9.84 Å². The molecule has 24 heavy (non-hydrogen) atoms. The van der Waals surface area contributed by atoms with Gasteiger partial charge in [0.1, 0.15) is 11.8 Å². The van der Waals surface area contributed by atoms with E-state index in [9.17, 15) is 18.3 Å². The second kappa shape index (κ2) is 7.46. The molecule has 0 aliphatic rings. The lowest BCUT2D eigenvalue weighted by Crippen LogP contribution is -2.35. The third kappa shape index (κ3) is 4.33. The Hall–Kier alpha value is -2.38. The van der Waals surface area contributed by atoms with Crippen LogP contribution >= 0.6 is 0 Å². The van der Waals surface area contributed by atoms with E-state index in [0.717, 1.165) is 5.56 Å². The van der Waals surface area contributed by atoms with E-state index in [1.165, 1.54) is 30.3 Å². The number of aryl methyl sites for hydroxylation is 1. The maximum absolute atomic E-state index is 12.5. The summed E-state index contributed by atoms with van der Waals surface area (Å²) in [6.07, 6.45) is 0. The number of ether oxygens (including phenoxy) is 1. The van der Waals surface area contributed by atoms with Gasteiger partial charge in [0.25, 0.3) is 0 Å². The van der Waals surface area contributed by atoms with Crippen LogP contribution < -0.4 is 4.72 Å². The molecule has 128 valence electrons. The zero-order valence-corrected chi connectivity index (χ0v) is 14.2. The average Bonchev–Trinajstić information content (AvgIpc) is 2.53. The van der Waals surface area contributed by atoms with Crippen molar-refractivity contribution in [1.29, 1.82) is 0 Å². The van der Waals surface area contributed by atoms with E-state index in [0.29, 0.717) is 5.56 Å². The summed E-state index contributed by atoms with van der Waals surface area (Å²) in [6, 6.07) is 10.8. The summed E-state index contributed by atoms with van der Waals surface area (Å²) in [6.45, 7) is 3.59. The minimum absolute atomic E-state index is 0.0440. The van der Waals surface area contributed by atoms with Gasteiger partial charge in [-0.2, -0.15) is 4.72 Å². The van der Waals surface area contributed by atoms with Crippen molar-refractivity contribution in [2.24, 2.45) is 0 Å². The average molecular weight is 349 g/mol. The van der Waals surface area contributed by atoms with Crippen molar-refractivity contribution >= 4 is 16.0 Å². The highest BCUT2D eigenvalue weighted by Gasteiger charge is 2.28. The quantitative estimate of drug-likeness (QED) is 0.781. The maximum atomic E-state index is 12.5. The van der Waals surface area contributed by atoms with Gasteiger partial charge in [-0.1, -0.05) is 29.8 Å². The van der Waals surface area contributed by atoms with Crippen LogP contribution in [0.1, 0.15) is 24.1 Å². The number of esters is 1. The molecule has 0 aliphatic heterocycles. The summed E-state index contributed by atoms with van der Waals surface area (Å²) in [7, 11) is -3.93. The molecule has 0 radical (unpaired) electrons. The Morgan fingerprint density at radius 2 is 1.88 bits per heavy atom. The number of nitrogens with one attached hydrogen (secondary N) is 1. The lowest BCUT2D eigenvalue weighted by atomic mass is 10.1. The number of carbonyl (C=O) groups is 1. The first-order chi connectivity index (χ1) is 11.3. The number of carbonyl (C=O) groups excluding carboxylic acids is 1. The summed E-state index contributed by atoms with van der Waals surface area (Å²) in [5, 5.41) is 9.59. The molecule has 0 spiro atoms. The van der Waals surface area contributed by atoms with Crippen molar-refractivity contribution in [2.75, 3.05) is 6.61 Å². The molecule has 1 unspecified atom stereocenters. The smallest absolute Gasteiger partial charge is 0.328 e. The third-order valence-corrected chi connectivity index (χ3v) is 4.77. The second-order valence-electron chi connectivity index (χ2n) is 5.21. The molecule has 2 N–H and O–H groups in total. The summed E-state index contributed by atoms with van der Waals surface area (Å²) in [5.74, 6) is -0.810. The maximum Gasteiger partial charge on any atom is 0.328 e. The van der Waals surface area contributed by atoms with Crippen molar-refractivity contribution < 1.29 is 23.1 Å². The molecule has 0 aliphatic carbocycles. The number of rotatable bonds is 6. The van der Waals surface area contributed by atoms with Crippen LogP contribution in [0.15, 0.2) is 53.4 Å². The van der Waals surface area contributed by atoms with Gasteiger partial charge in [-0.05, 0) is 43.7 Å². The first-order valence-electron chi connectivity index (χ1n) is 7.38. The van der Waals surface area contributed by atoms with Crippen LogP contribution in [0.25, 0.3) is 0 Å². The minimum atomic E-state index is -3.93. The van der Waals surface area contributed by atoms with Crippen molar-refractivity contribution in [3.63, 3.8) is 0 Å². The predicted molar refractivity (Wildman–Crippen MR) is 89.0 cm³/mol. The molecule has 2 rings (SSSR count). The van der Waals surface area contributed by atoms with Gasteiger partial charge in [-0.3, -0.25) is 0 Å². The molecule has 6 nitrogen and oxygen atoms in total. The number of sulfonamides is 1. The van der Waals surface area contributed by atoms with E-state index >= 15 is 0 Å². The third-order valence-electron chi connectivity index (χ3n) is 3.33. The molecule has 0 heterocycles. The molecule has 0 fully saturated rings. The highest BCUT2D eigenvalue weighted by atomic mass is 32.2. The van der Waals surface area contributed by atoms with Crippen LogP contribution in [0.2, 0.25) is 0 Å². The number of aromatic hydroxyl groups is 1. The molecular weight excluding hydrogens is 330 g/mol. The lowest BCUT2D eigenvalue weighted by molar-refractivity contribution is -0.145. The monoisotopic (exact) mass is 349 g/mol. The number of phenolic OH excluding ortho intramolecular Hbond substituents is 1. The second-order valence-corrected chi connectivity index (χ2v) is 6.93. The SMILES string of the molecule is CCOC(=O)C(NS(=O)(=O)c1ccc(C)cc1)c1cccc(O)c1. The first kappa shape index (κ1) is 18.0. The molecule has 0 bridgehead atoms. The molecule has 2 aromatic carbocycles. The van der Waals surface area contributed by atoms with Crippen LogP contribution in [0.5, 0.6) is 5.75 Å². The van der Waals surface area contributed by atoms with Crippen LogP contribution in [0, 0.1) is 6.92 Å². The molecule has 2 aromatic rings. The van der Waals surface area contributed by atoms with Gasteiger partial charge in [-0.15, -0.1) is 0 Å². The zero-order chi connectivity index (χ0) is 17.7. The highest BCUT2D eigenvalue weighted by Crippen LogP contribution is 2.22. The van der Waals surface area contributed by atoms with Gasteiger partial charge in [-0.25, -0.2) is 13.2 Å². The van der Waals surface area contributed by atoms with E-state index in [1.54, 1.807) is 25.1 Å². The molecule has 0 saturated carbocycles. The number of hydrogen-bond acceptors (Lipinski definition) is 5. The summed E-state index contributed by atoms with van der Waals surface area (Å²) >= 11 is 0. The van der Waals surface area contributed by atoms with Crippen molar-refractivity contribution in [3.05, 3.63) is 59.7 Å². The molecule has 0 aromatic heterocycles. The van der Waals surface area contributed by atoms with Gasteiger partial charge in [0, 0.05) is 0 Å². The fourth-order valence-corrected chi connectivity index (χ4v) is 3.30. The Morgan fingerprint density at radius 3 is 2.46 bits per heavy atom. The summed E-state index contributed by atoms with van der Waals surface area (Å²) in [5.41, 5.74) is 1.22. The van der Waals surface area contributed by atoms with Crippen molar-refractivity contribution in [3.8, 4) is 5.75 Å². The molecular formula is C17H19NO5S. The molecule has 7 heteroatoms. The first-order valence-corrected chi connectivity index (χ1v) is 8.86. The number of benzene rings is 2. The van der Waals surface area contributed by atoms with Crippen LogP contribution in [0.4, 0.5) is 0 Å². The highest BCUT2D eigenvalue weighted by molar-refractivity contribution is 7.89. The lowest BCUT2D eigenvalue weighted by Gasteiger charge is -2.18. The van der Waals surface area contributed by atoms with E-state index in [4.69, 9.17) is 4.74 Å². The molecule has 1 atom stereocenters. The van der Waals surface area contributed by atoms with E-state index in [1.807, 2.05) is 6.92 Å². The number of hydrogen-bond donors (Lipinski definition) is 2. The fraction of sp³-hybridized carbons (Fsp3) is 0.235. The topological polar surface area (TPSA) is 92.7 Å². The van der Waals surface area contributed by atoms with Gasteiger partial charge in [0.05, 0.1) is 11.5 Å². The van der Waals surface area contributed by atoms with Gasteiger partial charge >= 0.3 is 5.97 Å². The largest absolute Gasteiger partial charge is 0.508 e. The van der Waals surface area contributed by atoms with E-state index in [2.05, 4.69) is 4.72 Å². The Bertz CT molecular complexity index is 815. The Morgan fingerprint density at radius 1 is 1.21 bits per heavy atom. The predicted octanol–water partition coefficient (Wildman–Crippen LogP) is 2.28. The van der Waals surface area contributed by atoms with E-state index < -0.39 is 22.0 Å². The summed E-state index contributed by atoms with van der Waals surface area (Å²) in [4.78, 5) is 12.2.